The van der Waals surface area contributed by atoms with Crippen LogP contribution in [0.4, 0.5) is 0 Å². The summed E-state index contributed by atoms with van der Waals surface area (Å²) in [6.07, 6.45) is 4.73. The largest absolute Gasteiger partial charge is 0.390 e. The third kappa shape index (κ3) is 1.18. The Kier molecular flexibility index (Phi) is 1.90. The molecule has 2 nitrogen and oxygen atoms in total. The minimum atomic E-state index is -0.436. The van der Waals surface area contributed by atoms with Gasteiger partial charge in [-0.25, -0.2) is 0 Å². The molecule has 2 aliphatic carbocycles. The summed E-state index contributed by atoms with van der Waals surface area (Å²) in [5.74, 6) is 1.13. The Bertz CT molecular complexity index is 146. The summed E-state index contributed by atoms with van der Waals surface area (Å²) in [6.45, 7) is 0. The second-order valence-corrected chi connectivity index (χ2v) is 3.99. The number of hydrogen-bond donors (Lipinski definition) is 2. The smallest absolute Gasteiger partial charge is 0.0829 e. The highest BCUT2D eigenvalue weighted by Crippen LogP contribution is 2.42. The molecule has 0 saturated heterocycles. The molecule has 0 spiro atoms. The molecule has 0 aromatic rings. The molecule has 11 heavy (non-hydrogen) atoms. The summed E-state index contributed by atoms with van der Waals surface area (Å²) in [5, 5.41) is 19.0. The second-order valence-electron chi connectivity index (χ2n) is 3.99. The van der Waals surface area contributed by atoms with Gasteiger partial charge < -0.3 is 10.2 Å². The summed E-state index contributed by atoms with van der Waals surface area (Å²) in [4.78, 5) is 0. The van der Waals surface area contributed by atoms with Crippen LogP contribution in [0, 0.1) is 11.8 Å². The topological polar surface area (TPSA) is 40.5 Å². The molecule has 0 heterocycles. The maximum Gasteiger partial charge on any atom is 0.0829 e. The Morgan fingerprint density at radius 2 is 1.73 bits per heavy atom. The predicted octanol–water partition coefficient (Wildman–Crippen LogP) is 0.918. The number of rotatable bonds is 0. The molecule has 2 heteroatoms. The van der Waals surface area contributed by atoms with Gasteiger partial charge in [0.2, 0.25) is 0 Å². The zero-order valence-corrected chi connectivity index (χ0v) is 6.74. The Balaban J connectivity index is 2.06. The molecular weight excluding hydrogens is 140 g/mol. The van der Waals surface area contributed by atoms with Crippen LogP contribution in [-0.2, 0) is 0 Å². The van der Waals surface area contributed by atoms with Crippen LogP contribution in [0.5, 0.6) is 0 Å². The average molecular weight is 156 g/mol. The monoisotopic (exact) mass is 156 g/mol. The van der Waals surface area contributed by atoms with Crippen molar-refractivity contribution in [3.05, 3.63) is 0 Å². The van der Waals surface area contributed by atoms with E-state index in [1.807, 2.05) is 0 Å². The third-order valence-corrected chi connectivity index (χ3v) is 3.38. The van der Waals surface area contributed by atoms with Crippen LogP contribution in [0.1, 0.15) is 32.1 Å². The minimum absolute atomic E-state index is 0.416. The Morgan fingerprint density at radius 3 is 2.55 bits per heavy atom. The van der Waals surface area contributed by atoms with Gasteiger partial charge in [-0.3, -0.25) is 0 Å². The van der Waals surface area contributed by atoms with Crippen molar-refractivity contribution in [2.45, 2.75) is 44.3 Å². The van der Waals surface area contributed by atoms with E-state index in [-0.39, 0.29) is 0 Å². The van der Waals surface area contributed by atoms with Crippen LogP contribution in [0.3, 0.4) is 0 Å². The van der Waals surface area contributed by atoms with Gasteiger partial charge in [-0.05, 0) is 31.1 Å². The van der Waals surface area contributed by atoms with Crippen LogP contribution in [0.25, 0.3) is 0 Å². The molecule has 2 saturated carbocycles. The quantitative estimate of drug-likeness (QED) is 0.547. The molecule has 2 aliphatic rings. The highest BCUT2D eigenvalue weighted by molar-refractivity contribution is 4.90. The number of aliphatic hydroxyl groups excluding tert-OH is 2. The summed E-state index contributed by atoms with van der Waals surface area (Å²) in [7, 11) is 0. The minimum Gasteiger partial charge on any atom is -0.390 e. The van der Waals surface area contributed by atoms with Crippen molar-refractivity contribution in [2.24, 2.45) is 11.8 Å². The molecule has 0 bridgehead atoms. The molecule has 4 atom stereocenters. The Labute approximate surface area is 67.2 Å². The van der Waals surface area contributed by atoms with Crippen molar-refractivity contribution < 1.29 is 10.2 Å². The highest BCUT2D eigenvalue weighted by atomic mass is 16.3. The molecule has 0 aromatic heterocycles. The van der Waals surface area contributed by atoms with Gasteiger partial charge >= 0.3 is 0 Å². The van der Waals surface area contributed by atoms with E-state index in [1.54, 1.807) is 0 Å². The summed E-state index contributed by atoms with van der Waals surface area (Å²) < 4.78 is 0. The average Bonchev–Trinajstić information content (AvgIpc) is 2.45. The summed E-state index contributed by atoms with van der Waals surface area (Å²) >= 11 is 0. The molecule has 0 amide bonds. The van der Waals surface area contributed by atoms with E-state index in [0.717, 1.165) is 19.3 Å². The first-order chi connectivity index (χ1) is 5.29. The number of fused-ring (bicyclic) bond motifs is 1. The van der Waals surface area contributed by atoms with Crippen LogP contribution in [0.2, 0.25) is 0 Å². The van der Waals surface area contributed by atoms with Crippen molar-refractivity contribution in [3.63, 3.8) is 0 Å². The van der Waals surface area contributed by atoms with Gasteiger partial charge in [-0.15, -0.1) is 0 Å². The van der Waals surface area contributed by atoms with E-state index in [9.17, 15) is 10.2 Å². The van der Waals surface area contributed by atoms with Crippen LogP contribution < -0.4 is 0 Å². The van der Waals surface area contributed by atoms with Gasteiger partial charge in [-0.2, -0.15) is 0 Å². The lowest BCUT2D eigenvalue weighted by Gasteiger charge is -2.34. The zero-order valence-electron chi connectivity index (χ0n) is 6.74. The standard InChI is InChI=1S/C9H16O2/c10-8-5-4-6-2-1-3-7(6)9(8)11/h6-11H,1-5H2. The van der Waals surface area contributed by atoms with Crippen LogP contribution in [0.15, 0.2) is 0 Å². The first-order valence-corrected chi connectivity index (χ1v) is 4.65. The fraction of sp³-hybridized carbons (Fsp3) is 1.00. The third-order valence-electron chi connectivity index (χ3n) is 3.38. The molecule has 4 unspecified atom stereocenters. The van der Waals surface area contributed by atoms with Gasteiger partial charge in [0, 0.05) is 0 Å². The maximum atomic E-state index is 9.60. The first kappa shape index (κ1) is 7.56. The van der Waals surface area contributed by atoms with Crippen molar-refractivity contribution in [1.82, 2.24) is 0 Å². The lowest BCUT2D eigenvalue weighted by atomic mass is 9.78. The molecule has 2 N–H and O–H groups in total. The fourth-order valence-corrected chi connectivity index (χ4v) is 2.71. The first-order valence-electron chi connectivity index (χ1n) is 4.65. The van der Waals surface area contributed by atoms with Crippen LogP contribution >= 0.6 is 0 Å². The van der Waals surface area contributed by atoms with Crippen molar-refractivity contribution in [3.8, 4) is 0 Å². The predicted molar refractivity (Wildman–Crippen MR) is 42.1 cm³/mol. The normalized spacial score (nSPS) is 50.7. The Hall–Kier alpha value is -0.0800. The van der Waals surface area contributed by atoms with Gasteiger partial charge in [0.25, 0.3) is 0 Å². The molecule has 64 valence electrons. The second kappa shape index (κ2) is 2.76. The van der Waals surface area contributed by atoms with Crippen LogP contribution in [-0.4, -0.2) is 22.4 Å². The molecule has 2 rings (SSSR count). The van der Waals surface area contributed by atoms with Gasteiger partial charge in [-0.1, -0.05) is 12.8 Å². The zero-order chi connectivity index (χ0) is 7.84. The number of hydrogen-bond acceptors (Lipinski definition) is 2. The Morgan fingerprint density at radius 1 is 0.909 bits per heavy atom. The van der Waals surface area contributed by atoms with E-state index in [4.69, 9.17) is 0 Å². The summed E-state index contributed by atoms with van der Waals surface area (Å²) in [5.41, 5.74) is 0. The van der Waals surface area contributed by atoms with E-state index >= 15 is 0 Å². The highest BCUT2D eigenvalue weighted by Gasteiger charge is 2.39. The van der Waals surface area contributed by atoms with Crippen molar-refractivity contribution in [1.29, 1.82) is 0 Å². The molecular formula is C9H16O2. The van der Waals surface area contributed by atoms with E-state index in [1.165, 1.54) is 12.8 Å². The molecule has 0 aliphatic heterocycles. The van der Waals surface area contributed by atoms with E-state index in [0.29, 0.717) is 11.8 Å². The lowest BCUT2D eigenvalue weighted by molar-refractivity contribution is -0.0584. The SMILES string of the molecule is OC1CCC2CCCC2C1O. The maximum absolute atomic E-state index is 9.60. The van der Waals surface area contributed by atoms with Gasteiger partial charge in [0.05, 0.1) is 12.2 Å². The van der Waals surface area contributed by atoms with Gasteiger partial charge in [0.1, 0.15) is 0 Å². The van der Waals surface area contributed by atoms with Gasteiger partial charge in [0.15, 0.2) is 0 Å². The fourth-order valence-electron chi connectivity index (χ4n) is 2.71. The molecule has 0 aromatic carbocycles. The molecule has 0 radical (unpaired) electrons. The van der Waals surface area contributed by atoms with Crippen molar-refractivity contribution in [2.75, 3.05) is 0 Å². The lowest BCUT2D eigenvalue weighted by Crippen LogP contribution is -2.39. The van der Waals surface area contributed by atoms with E-state index in [2.05, 4.69) is 0 Å². The van der Waals surface area contributed by atoms with Crippen molar-refractivity contribution >= 4 is 0 Å². The van der Waals surface area contributed by atoms with E-state index < -0.39 is 12.2 Å². The summed E-state index contributed by atoms with van der Waals surface area (Å²) in [6, 6.07) is 0. The number of aliphatic hydroxyl groups is 2. The molecule has 2 fully saturated rings.